The summed E-state index contributed by atoms with van der Waals surface area (Å²) in [7, 11) is 0. The maximum absolute atomic E-state index is 11.7. The van der Waals surface area contributed by atoms with Crippen molar-refractivity contribution in [3.63, 3.8) is 0 Å². The molecule has 2 heteroatoms. The second kappa shape index (κ2) is 6.70. The Kier molecular flexibility index (Phi) is 5.84. The molecule has 0 bridgehead atoms. The number of carbonyl (C=O) groups excluding carboxylic acids is 1. The molecule has 1 heterocycles. The molecule has 106 valence electrons. The van der Waals surface area contributed by atoms with Crippen molar-refractivity contribution in [2.75, 3.05) is 13.1 Å². The number of rotatable bonds is 6. The molecule has 0 amide bonds. The maximum Gasteiger partial charge on any atom is 0.138 e. The van der Waals surface area contributed by atoms with Crippen molar-refractivity contribution >= 4 is 5.78 Å². The fourth-order valence-electron chi connectivity index (χ4n) is 2.98. The lowest BCUT2D eigenvalue weighted by Crippen LogP contribution is -2.49. The Labute approximate surface area is 113 Å². The van der Waals surface area contributed by atoms with Crippen molar-refractivity contribution in [1.82, 2.24) is 4.90 Å². The Hall–Kier alpha value is -0.370. The van der Waals surface area contributed by atoms with Gasteiger partial charge in [0.25, 0.3) is 0 Å². The van der Waals surface area contributed by atoms with Crippen LogP contribution < -0.4 is 0 Å². The van der Waals surface area contributed by atoms with E-state index in [4.69, 9.17) is 0 Å². The highest BCUT2D eigenvalue weighted by atomic mass is 16.1. The quantitative estimate of drug-likeness (QED) is 0.669. The van der Waals surface area contributed by atoms with Gasteiger partial charge in [-0.15, -0.1) is 0 Å². The molecule has 0 saturated carbocycles. The Morgan fingerprint density at radius 3 is 2.56 bits per heavy atom. The van der Waals surface area contributed by atoms with Crippen LogP contribution in [0.25, 0.3) is 0 Å². The van der Waals surface area contributed by atoms with E-state index in [9.17, 15) is 4.79 Å². The number of piperidine rings is 1. The molecular weight excluding hydrogens is 222 g/mol. The summed E-state index contributed by atoms with van der Waals surface area (Å²) in [6.07, 6.45) is 6.01. The monoisotopic (exact) mass is 253 g/mol. The largest absolute Gasteiger partial charge is 0.299 e. The highest BCUT2D eigenvalue weighted by molar-refractivity contribution is 5.82. The molecule has 0 N–H and O–H groups in total. The number of hydrogen-bond donors (Lipinski definition) is 0. The smallest absolute Gasteiger partial charge is 0.138 e. The molecule has 0 aromatic heterocycles. The van der Waals surface area contributed by atoms with Gasteiger partial charge in [0.2, 0.25) is 0 Å². The minimum Gasteiger partial charge on any atom is -0.299 e. The van der Waals surface area contributed by atoms with Crippen LogP contribution in [-0.2, 0) is 4.79 Å². The summed E-state index contributed by atoms with van der Waals surface area (Å²) < 4.78 is 0. The first-order valence-corrected chi connectivity index (χ1v) is 7.64. The van der Waals surface area contributed by atoms with Gasteiger partial charge >= 0.3 is 0 Å². The van der Waals surface area contributed by atoms with Crippen molar-refractivity contribution in [2.45, 2.75) is 72.8 Å². The predicted molar refractivity (Wildman–Crippen MR) is 77.7 cm³/mol. The van der Waals surface area contributed by atoms with Crippen LogP contribution in [-0.4, -0.2) is 29.8 Å². The van der Waals surface area contributed by atoms with Crippen molar-refractivity contribution in [3.05, 3.63) is 0 Å². The zero-order chi connectivity index (χ0) is 13.8. The molecule has 0 aromatic carbocycles. The van der Waals surface area contributed by atoms with Crippen molar-refractivity contribution in [3.8, 4) is 0 Å². The molecule has 2 unspecified atom stereocenters. The van der Waals surface area contributed by atoms with E-state index in [1.165, 1.54) is 25.7 Å². The summed E-state index contributed by atoms with van der Waals surface area (Å²) in [6.45, 7) is 13.4. The highest BCUT2D eigenvalue weighted by Gasteiger charge is 2.33. The fraction of sp³-hybridized carbons (Fsp3) is 0.938. The number of carbonyl (C=O) groups is 1. The van der Waals surface area contributed by atoms with Gasteiger partial charge in [-0.25, -0.2) is 0 Å². The lowest BCUT2D eigenvalue weighted by Gasteiger charge is -2.41. The van der Waals surface area contributed by atoms with Crippen LogP contribution in [0.2, 0.25) is 0 Å². The normalized spacial score (nSPS) is 26.6. The summed E-state index contributed by atoms with van der Waals surface area (Å²) >= 11 is 0. The van der Waals surface area contributed by atoms with Gasteiger partial charge in [0.05, 0.1) is 0 Å². The van der Waals surface area contributed by atoms with Crippen LogP contribution in [0.15, 0.2) is 0 Å². The number of likely N-dealkylation sites (tertiary alicyclic amines) is 1. The summed E-state index contributed by atoms with van der Waals surface area (Å²) in [4.78, 5) is 14.2. The summed E-state index contributed by atoms with van der Waals surface area (Å²) in [6, 6.07) is 0.414. The molecule has 2 nitrogen and oxygen atoms in total. The van der Waals surface area contributed by atoms with Crippen LogP contribution in [0.4, 0.5) is 0 Å². The maximum atomic E-state index is 11.7. The van der Waals surface area contributed by atoms with E-state index in [2.05, 4.69) is 39.5 Å². The number of unbranched alkanes of at least 4 members (excludes halogenated alkanes) is 2. The van der Waals surface area contributed by atoms with E-state index in [1.807, 2.05) is 0 Å². The van der Waals surface area contributed by atoms with Gasteiger partial charge in [-0.1, -0.05) is 47.0 Å². The van der Waals surface area contributed by atoms with Crippen molar-refractivity contribution in [1.29, 1.82) is 0 Å². The van der Waals surface area contributed by atoms with Gasteiger partial charge in [-0.2, -0.15) is 0 Å². The lowest BCUT2D eigenvalue weighted by atomic mass is 9.83. The molecule has 0 aliphatic carbocycles. The lowest BCUT2D eigenvalue weighted by molar-refractivity contribution is -0.128. The van der Waals surface area contributed by atoms with Gasteiger partial charge in [-0.05, 0) is 18.8 Å². The Morgan fingerprint density at radius 1 is 1.28 bits per heavy atom. The summed E-state index contributed by atoms with van der Waals surface area (Å²) in [5.41, 5.74) is 0.379. The number of Topliss-reactive ketones (excluding diaryl/α,β-unsaturated/α-hetero) is 1. The van der Waals surface area contributed by atoms with Gasteiger partial charge in [-0.3, -0.25) is 9.69 Å². The van der Waals surface area contributed by atoms with E-state index in [-0.39, 0.29) is 5.92 Å². The number of nitrogens with zero attached hydrogens (tertiary/aromatic N) is 1. The second-order valence-corrected chi connectivity index (χ2v) is 6.84. The average molecular weight is 253 g/mol. The van der Waals surface area contributed by atoms with Crippen LogP contribution in [0.1, 0.15) is 66.7 Å². The molecular formula is C16H31NO. The standard InChI is InChI=1S/C16H31NO/c1-6-7-8-10-16(4,5)12-17-11-9-15(18)13(2)14(17)3/h13-14H,6-12H2,1-5H3. The zero-order valence-corrected chi connectivity index (χ0v) is 13.0. The predicted octanol–water partition coefficient (Wildman–Crippen LogP) is 3.89. The summed E-state index contributed by atoms with van der Waals surface area (Å²) in [5.74, 6) is 0.660. The number of hydrogen-bond acceptors (Lipinski definition) is 2. The first-order valence-electron chi connectivity index (χ1n) is 7.64. The highest BCUT2D eigenvalue weighted by Crippen LogP contribution is 2.29. The van der Waals surface area contributed by atoms with E-state index < -0.39 is 0 Å². The third-order valence-corrected chi connectivity index (χ3v) is 4.54. The van der Waals surface area contributed by atoms with Gasteiger partial charge in [0.15, 0.2) is 0 Å². The first-order chi connectivity index (χ1) is 8.37. The first kappa shape index (κ1) is 15.7. The van der Waals surface area contributed by atoms with Gasteiger partial charge < -0.3 is 0 Å². The van der Waals surface area contributed by atoms with E-state index in [0.717, 1.165) is 19.5 Å². The van der Waals surface area contributed by atoms with Gasteiger partial charge in [0, 0.05) is 31.5 Å². The van der Waals surface area contributed by atoms with Crippen molar-refractivity contribution < 1.29 is 4.79 Å². The second-order valence-electron chi connectivity index (χ2n) is 6.84. The molecule has 2 atom stereocenters. The van der Waals surface area contributed by atoms with E-state index in [1.54, 1.807) is 0 Å². The SMILES string of the molecule is CCCCCC(C)(C)CN1CCC(=O)C(C)C1C. The molecule has 1 fully saturated rings. The zero-order valence-electron chi connectivity index (χ0n) is 13.0. The Morgan fingerprint density at radius 2 is 1.94 bits per heavy atom. The van der Waals surface area contributed by atoms with Crippen LogP contribution >= 0.6 is 0 Å². The number of ketones is 1. The topological polar surface area (TPSA) is 20.3 Å². The minimum atomic E-state index is 0.213. The third-order valence-electron chi connectivity index (χ3n) is 4.54. The Bertz CT molecular complexity index is 272. The molecule has 1 aliphatic rings. The fourth-order valence-corrected chi connectivity index (χ4v) is 2.98. The molecule has 1 saturated heterocycles. The van der Waals surface area contributed by atoms with E-state index in [0.29, 0.717) is 17.2 Å². The molecule has 1 rings (SSSR count). The van der Waals surface area contributed by atoms with Crippen molar-refractivity contribution in [2.24, 2.45) is 11.3 Å². The minimum absolute atomic E-state index is 0.213. The van der Waals surface area contributed by atoms with Crippen LogP contribution in [0, 0.1) is 11.3 Å². The van der Waals surface area contributed by atoms with Crippen LogP contribution in [0.3, 0.4) is 0 Å². The molecule has 1 aliphatic heterocycles. The molecule has 0 aromatic rings. The Balaban J connectivity index is 2.47. The summed E-state index contributed by atoms with van der Waals surface area (Å²) in [5, 5.41) is 0. The van der Waals surface area contributed by atoms with E-state index >= 15 is 0 Å². The van der Waals surface area contributed by atoms with Crippen LogP contribution in [0.5, 0.6) is 0 Å². The molecule has 18 heavy (non-hydrogen) atoms. The van der Waals surface area contributed by atoms with Gasteiger partial charge in [0.1, 0.15) is 5.78 Å². The molecule has 0 spiro atoms. The molecule has 0 radical (unpaired) electrons. The third kappa shape index (κ3) is 4.38. The average Bonchev–Trinajstić information content (AvgIpc) is 2.30.